The van der Waals surface area contributed by atoms with Crippen molar-refractivity contribution in [1.29, 1.82) is 0 Å². The van der Waals surface area contributed by atoms with Gasteiger partial charge in [-0.05, 0) is 13.0 Å². The van der Waals surface area contributed by atoms with Gasteiger partial charge in [-0.3, -0.25) is 0 Å². The fourth-order valence-electron chi connectivity index (χ4n) is 1.69. The van der Waals surface area contributed by atoms with Crippen LogP contribution in [0.2, 0.25) is 0 Å². The Bertz CT molecular complexity index is 657. The number of anilines is 1. The summed E-state index contributed by atoms with van der Waals surface area (Å²) in [6.07, 6.45) is 1.86. The van der Waals surface area contributed by atoms with E-state index >= 15 is 0 Å². The van der Waals surface area contributed by atoms with Crippen LogP contribution in [-0.2, 0) is 6.54 Å². The number of rotatable bonds is 3. The first-order valence-corrected chi connectivity index (χ1v) is 6.34. The van der Waals surface area contributed by atoms with Crippen molar-refractivity contribution < 1.29 is 4.39 Å². The third kappa shape index (κ3) is 2.06. The first-order valence-electron chi connectivity index (χ1n) is 5.52. The van der Waals surface area contributed by atoms with Crippen LogP contribution in [0.4, 0.5) is 9.52 Å². The zero-order valence-electron chi connectivity index (χ0n) is 9.72. The van der Waals surface area contributed by atoms with E-state index in [2.05, 4.69) is 15.4 Å². The molecule has 0 amide bonds. The van der Waals surface area contributed by atoms with Gasteiger partial charge in [-0.25, -0.2) is 13.9 Å². The van der Waals surface area contributed by atoms with E-state index in [1.807, 2.05) is 19.2 Å². The van der Waals surface area contributed by atoms with Crippen LogP contribution in [0.3, 0.4) is 0 Å². The van der Waals surface area contributed by atoms with Gasteiger partial charge in [0.05, 0.1) is 11.9 Å². The molecule has 2 aromatic heterocycles. The maximum atomic E-state index is 13.4. The second kappa shape index (κ2) is 4.38. The van der Waals surface area contributed by atoms with Crippen molar-refractivity contribution in [2.45, 2.75) is 13.5 Å². The van der Waals surface area contributed by atoms with Crippen molar-refractivity contribution in [2.24, 2.45) is 0 Å². The highest BCUT2D eigenvalue weighted by Gasteiger charge is 2.06. The Morgan fingerprint density at radius 2 is 2.22 bits per heavy atom. The summed E-state index contributed by atoms with van der Waals surface area (Å²) in [5.74, 6) is -0.206. The minimum absolute atomic E-state index is 0.206. The fourth-order valence-corrected chi connectivity index (χ4v) is 2.52. The van der Waals surface area contributed by atoms with Crippen molar-refractivity contribution in [1.82, 2.24) is 14.6 Å². The minimum atomic E-state index is -0.206. The molecule has 18 heavy (non-hydrogen) atoms. The normalized spacial score (nSPS) is 11.0. The molecule has 0 atom stereocenters. The van der Waals surface area contributed by atoms with E-state index in [1.54, 1.807) is 16.6 Å². The van der Waals surface area contributed by atoms with Crippen molar-refractivity contribution in [2.75, 3.05) is 5.32 Å². The van der Waals surface area contributed by atoms with Crippen molar-refractivity contribution in [3.63, 3.8) is 0 Å². The molecule has 0 aliphatic rings. The first kappa shape index (κ1) is 11.2. The van der Waals surface area contributed by atoms with Gasteiger partial charge in [-0.1, -0.05) is 29.5 Å². The van der Waals surface area contributed by atoms with Gasteiger partial charge in [0.2, 0.25) is 10.1 Å². The molecule has 0 saturated heterocycles. The number of hydrogen-bond acceptors (Lipinski definition) is 4. The van der Waals surface area contributed by atoms with Crippen molar-refractivity contribution in [3.05, 3.63) is 47.5 Å². The quantitative estimate of drug-likeness (QED) is 0.789. The standard InChI is InChI=1S/C12H11FN4S/c1-8-7-17-12(15-8)18-11(16-17)14-6-9-4-2-3-5-10(9)13/h2-5,7H,6H2,1H3,(H,14,16). The molecule has 1 aromatic carbocycles. The molecule has 0 aliphatic heterocycles. The zero-order valence-corrected chi connectivity index (χ0v) is 10.5. The van der Waals surface area contributed by atoms with Crippen molar-refractivity contribution in [3.8, 4) is 0 Å². The summed E-state index contributed by atoms with van der Waals surface area (Å²) in [6.45, 7) is 2.34. The lowest BCUT2D eigenvalue weighted by Crippen LogP contribution is -2.01. The predicted octanol–water partition coefficient (Wildman–Crippen LogP) is 2.85. The molecule has 0 bridgehead atoms. The maximum Gasteiger partial charge on any atom is 0.214 e. The molecule has 3 rings (SSSR count). The molecule has 0 fully saturated rings. The van der Waals surface area contributed by atoms with Crippen LogP contribution >= 0.6 is 11.3 Å². The Morgan fingerprint density at radius 1 is 1.39 bits per heavy atom. The lowest BCUT2D eigenvalue weighted by atomic mass is 10.2. The summed E-state index contributed by atoms with van der Waals surface area (Å²) in [5.41, 5.74) is 1.57. The van der Waals surface area contributed by atoms with Gasteiger partial charge in [0.15, 0.2) is 0 Å². The fraction of sp³-hybridized carbons (Fsp3) is 0.167. The van der Waals surface area contributed by atoms with E-state index in [-0.39, 0.29) is 5.82 Å². The Morgan fingerprint density at radius 3 is 3.00 bits per heavy atom. The largest absolute Gasteiger partial charge is 0.356 e. The number of aryl methyl sites for hydroxylation is 1. The van der Waals surface area contributed by atoms with Gasteiger partial charge in [-0.15, -0.1) is 5.10 Å². The van der Waals surface area contributed by atoms with Crippen LogP contribution in [0.15, 0.2) is 30.5 Å². The lowest BCUT2D eigenvalue weighted by molar-refractivity contribution is 0.613. The predicted molar refractivity (Wildman–Crippen MR) is 69.3 cm³/mol. The summed E-state index contributed by atoms with van der Waals surface area (Å²) in [4.78, 5) is 5.15. The van der Waals surface area contributed by atoms with E-state index < -0.39 is 0 Å². The van der Waals surface area contributed by atoms with Crippen LogP contribution in [-0.4, -0.2) is 14.6 Å². The number of fused-ring (bicyclic) bond motifs is 1. The van der Waals surface area contributed by atoms with E-state index in [0.29, 0.717) is 12.1 Å². The van der Waals surface area contributed by atoms with E-state index in [1.165, 1.54) is 17.4 Å². The van der Waals surface area contributed by atoms with E-state index in [4.69, 9.17) is 0 Å². The minimum Gasteiger partial charge on any atom is -0.356 e. The summed E-state index contributed by atoms with van der Waals surface area (Å²) in [7, 11) is 0. The monoisotopic (exact) mass is 262 g/mol. The smallest absolute Gasteiger partial charge is 0.214 e. The lowest BCUT2D eigenvalue weighted by Gasteiger charge is -2.03. The Balaban J connectivity index is 1.76. The molecule has 1 N–H and O–H groups in total. The summed E-state index contributed by atoms with van der Waals surface area (Å²) < 4.78 is 15.1. The topological polar surface area (TPSA) is 42.2 Å². The molecule has 0 unspecified atom stereocenters. The Kier molecular flexibility index (Phi) is 2.71. The van der Waals surface area contributed by atoms with Crippen LogP contribution in [0, 0.1) is 12.7 Å². The number of benzene rings is 1. The number of imidazole rings is 1. The number of nitrogens with zero attached hydrogens (tertiary/aromatic N) is 3. The van der Waals surface area contributed by atoms with Gasteiger partial charge in [0.1, 0.15) is 5.82 Å². The number of nitrogens with one attached hydrogen (secondary N) is 1. The van der Waals surface area contributed by atoms with Gasteiger partial charge < -0.3 is 5.32 Å². The molecule has 92 valence electrons. The molecular formula is C12H11FN4S. The van der Waals surface area contributed by atoms with Gasteiger partial charge >= 0.3 is 0 Å². The van der Waals surface area contributed by atoms with E-state index in [0.717, 1.165) is 15.8 Å². The third-order valence-corrected chi connectivity index (χ3v) is 3.43. The maximum absolute atomic E-state index is 13.4. The number of aromatic nitrogens is 3. The molecule has 6 heteroatoms. The zero-order chi connectivity index (χ0) is 12.5. The summed E-state index contributed by atoms with van der Waals surface area (Å²) in [6, 6.07) is 6.71. The van der Waals surface area contributed by atoms with Crippen LogP contribution in [0.1, 0.15) is 11.3 Å². The molecule has 0 radical (unpaired) electrons. The molecule has 4 nitrogen and oxygen atoms in total. The molecule has 2 heterocycles. The van der Waals surface area contributed by atoms with Crippen LogP contribution in [0.5, 0.6) is 0 Å². The molecule has 0 aliphatic carbocycles. The molecule has 3 aromatic rings. The second-order valence-electron chi connectivity index (χ2n) is 3.96. The SMILES string of the molecule is Cc1cn2nc(NCc3ccccc3F)sc2n1. The average Bonchev–Trinajstić information content (AvgIpc) is 2.84. The van der Waals surface area contributed by atoms with Gasteiger partial charge in [-0.2, -0.15) is 0 Å². The van der Waals surface area contributed by atoms with Crippen LogP contribution < -0.4 is 5.32 Å². The summed E-state index contributed by atoms with van der Waals surface area (Å²) in [5, 5.41) is 8.16. The Labute approximate surface area is 107 Å². The van der Waals surface area contributed by atoms with Crippen molar-refractivity contribution >= 4 is 21.4 Å². The first-order chi connectivity index (χ1) is 8.72. The molecule has 0 saturated carbocycles. The summed E-state index contributed by atoms with van der Waals surface area (Å²) >= 11 is 1.45. The highest BCUT2D eigenvalue weighted by Crippen LogP contribution is 2.20. The van der Waals surface area contributed by atoms with Gasteiger partial charge in [0, 0.05) is 12.1 Å². The second-order valence-corrected chi connectivity index (χ2v) is 4.92. The number of halogens is 1. The third-order valence-electron chi connectivity index (χ3n) is 2.55. The highest BCUT2D eigenvalue weighted by molar-refractivity contribution is 7.20. The molecule has 0 spiro atoms. The van der Waals surface area contributed by atoms with Crippen LogP contribution in [0.25, 0.3) is 4.96 Å². The average molecular weight is 262 g/mol. The highest BCUT2D eigenvalue weighted by atomic mass is 32.1. The van der Waals surface area contributed by atoms with E-state index in [9.17, 15) is 4.39 Å². The van der Waals surface area contributed by atoms with Gasteiger partial charge in [0.25, 0.3) is 0 Å². The Hall–Kier alpha value is -1.95. The molecular weight excluding hydrogens is 251 g/mol. The number of hydrogen-bond donors (Lipinski definition) is 1.